The average molecular weight is 253 g/mol. The van der Waals surface area contributed by atoms with Gasteiger partial charge in [0.1, 0.15) is 5.82 Å². The predicted molar refractivity (Wildman–Crippen MR) is 72.8 cm³/mol. The molecule has 0 amide bonds. The lowest BCUT2D eigenvalue weighted by atomic mass is 10.2. The van der Waals surface area contributed by atoms with E-state index in [9.17, 15) is 4.39 Å². The Labute approximate surface area is 107 Å². The van der Waals surface area contributed by atoms with Crippen molar-refractivity contribution in [2.75, 3.05) is 5.75 Å². The molecule has 3 heteroatoms. The van der Waals surface area contributed by atoms with Crippen LogP contribution in [0.25, 0.3) is 0 Å². The number of thioether (sulfide) groups is 1. The molecule has 2 rings (SSSR count). The molecule has 0 bridgehead atoms. The van der Waals surface area contributed by atoms with Crippen LogP contribution in [0.3, 0.4) is 0 Å². The molecule has 0 saturated heterocycles. The van der Waals surface area contributed by atoms with Gasteiger partial charge in [-0.05, 0) is 31.1 Å². The van der Waals surface area contributed by atoms with Crippen molar-refractivity contribution in [2.45, 2.75) is 44.0 Å². The highest BCUT2D eigenvalue weighted by Crippen LogP contribution is 2.29. The van der Waals surface area contributed by atoms with E-state index in [0.29, 0.717) is 12.6 Å². The highest BCUT2D eigenvalue weighted by Gasteiger charge is 2.23. The number of rotatable bonds is 5. The van der Waals surface area contributed by atoms with Crippen LogP contribution < -0.4 is 5.32 Å². The van der Waals surface area contributed by atoms with E-state index >= 15 is 0 Å². The molecule has 1 aliphatic rings. The Bertz CT molecular complexity index is 356. The first-order valence-electron chi connectivity index (χ1n) is 6.38. The minimum atomic E-state index is -0.0996. The molecule has 2 atom stereocenters. The highest BCUT2D eigenvalue weighted by atomic mass is 32.2. The summed E-state index contributed by atoms with van der Waals surface area (Å²) in [6.07, 6.45) is 3.76. The molecule has 0 spiro atoms. The Morgan fingerprint density at radius 3 is 2.94 bits per heavy atom. The maximum Gasteiger partial charge on any atom is 0.127 e. The Hall–Kier alpha value is -0.540. The van der Waals surface area contributed by atoms with E-state index in [-0.39, 0.29) is 5.82 Å². The fourth-order valence-corrected chi connectivity index (χ4v) is 3.55. The van der Waals surface area contributed by atoms with Crippen LogP contribution >= 0.6 is 11.8 Å². The van der Waals surface area contributed by atoms with E-state index in [2.05, 4.69) is 24.0 Å². The summed E-state index contributed by atoms with van der Waals surface area (Å²) in [6.45, 7) is 2.87. The predicted octanol–water partition coefficient (Wildman–Crippen LogP) is 3.59. The molecule has 17 heavy (non-hydrogen) atoms. The van der Waals surface area contributed by atoms with Crippen molar-refractivity contribution in [1.29, 1.82) is 0 Å². The second kappa shape index (κ2) is 6.41. The summed E-state index contributed by atoms with van der Waals surface area (Å²) in [4.78, 5) is 0. The molecule has 0 radical (unpaired) electrons. The number of nitrogens with one attached hydrogen (secondary N) is 1. The molecule has 1 aromatic rings. The van der Waals surface area contributed by atoms with Gasteiger partial charge in [-0.3, -0.25) is 0 Å². The molecule has 1 nitrogen and oxygen atoms in total. The number of benzene rings is 1. The molecule has 1 N–H and O–H groups in total. The van der Waals surface area contributed by atoms with Gasteiger partial charge < -0.3 is 5.32 Å². The van der Waals surface area contributed by atoms with Gasteiger partial charge in [0.25, 0.3) is 0 Å². The van der Waals surface area contributed by atoms with Crippen molar-refractivity contribution >= 4 is 11.8 Å². The van der Waals surface area contributed by atoms with Gasteiger partial charge in [0.2, 0.25) is 0 Å². The van der Waals surface area contributed by atoms with E-state index in [0.717, 1.165) is 10.8 Å². The zero-order valence-corrected chi connectivity index (χ0v) is 11.1. The van der Waals surface area contributed by atoms with Gasteiger partial charge in [0, 0.05) is 23.4 Å². The van der Waals surface area contributed by atoms with Crippen LogP contribution in [0.5, 0.6) is 0 Å². The topological polar surface area (TPSA) is 12.0 Å². The van der Waals surface area contributed by atoms with Crippen LogP contribution in [-0.2, 0) is 6.54 Å². The molecule has 0 heterocycles. The van der Waals surface area contributed by atoms with Crippen LogP contribution in [0, 0.1) is 5.82 Å². The van der Waals surface area contributed by atoms with Gasteiger partial charge in [-0.25, -0.2) is 4.39 Å². The molecular weight excluding hydrogens is 233 g/mol. The smallest absolute Gasteiger partial charge is 0.127 e. The SMILES string of the molecule is CCSC1CCC(NCc2ccccc2F)C1. The van der Waals surface area contributed by atoms with Crippen molar-refractivity contribution < 1.29 is 4.39 Å². The van der Waals surface area contributed by atoms with E-state index < -0.39 is 0 Å². The zero-order chi connectivity index (χ0) is 12.1. The van der Waals surface area contributed by atoms with Crippen LogP contribution in [0.2, 0.25) is 0 Å². The summed E-state index contributed by atoms with van der Waals surface area (Å²) < 4.78 is 13.4. The lowest BCUT2D eigenvalue weighted by Crippen LogP contribution is -2.26. The molecule has 0 aliphatic heterocycles. The second-order valence-corrected chi connectivity index (χ2v) is 6.14. The molecule has 1 fully saturated rings. The Balaban J connectivity index is 1.78. The molecule has 1 aliphatic carbocycles. The third-order valence-corrected chi connectivity index (χ3v) is 4.56. The third-order valence-electron chi connectivity index (χ3n) is 3.33. The number of hydrogen-bond acceptors (Lipinski definition) is 2. The largest absolute Gasteiger partial charge is 0.310 e. The van der Waals surface area contributed by atoms with E-state index in [1.165, 1.54) is 31.1 Å². The first-order valence-corrected chi connectivity index (χ1v) is 7.43. The van der Waals surface area contributed by atoms with Gasteiger partial charge in [0.15, 0.2) is 0 Å². The summed E-state index contributed by atoms with van der Waals surface area (Å²) in [6, 6.07) is 7.59. The van der Waals surface area contributed by atoms with Crippen LogP contribution in [0.4, 0.5) is 4.39 Å². The fourth-order valence-electron chi connectivity index (χ4n) is 2.41. The molecule has 0 aromatic heterocycles. The second-order valence-electron chi connectivity index (χ2n) is 4.56. The lowest BCUT2D eigenvalue weighted by Gasteiger charge is -2.13. The standard InChI is InChI=1S/C14H20FNS/c1-2-17-13-8-7-12(9-13)16-10-11-5-3-4-6-14(11)15/h3-6,12-13,16H,2,7-10H2,1H3. The van der Waals surface area contributed by atoms with Gasteiger partial charge >= 0.3 is 0 Å². The van der Waals surface area contributed by atoms with Gasteiger partial charge in [0.05, 0.1) is 0 Å². The summed E-state index contributed by atoms with van der Waals surface area (Å²) in [5.41, 5.74) is 0.777. The van der Waals surface area contributed by atoms with Crippen molar-refractivity contribution in [3.63, 3.8) is 0 Å². The van der Waals surface area contributed by atoms with E-state index in [1.807, 2.05) is 12.1 Å². The molecular formula is C14H20FNS. The fraction of sp³-hybridized carbons (Fsp3) is 0.571. The molecule has 1 aromatic carbocycles. The summed E-state index contributed by atoms with van der Waals surface area (Å²) >= 11 is 2.05. The first-order chi connectivity index (χ1) is 8.29. The number of halogens is 1. The third kappa shape index (κ3) is 3.71. The molecule has 2 unspecified atom stereocenters. The molecule has 1 saturated carbocycles. The number of hydrogen-bond donors (Lipinski definition) is 1. The van der Waals surface area contributed by atoms with Crippen LogP contribution in [0.15, 0.2) is 24.3 Å². The van der Waals surface area contributed by atoms with Crippen molar-refractivity contribution in [3.05, 3.63) is 35.6 Å². The van der Waals surface area contributed by atoms with Gasteiger partial charge in [-0.15, -0.1) is 0 Å². The van der Waals surface area contributed by atoms with Gasteiger partial charge in [-0.2, -0.15) is 11.8 Å². The maximum atomic E-state index is 13.4. The summed E-state index contributed by atoms with van der Waals surface area (Å²) in [5.74, 6) is 1.10. The Morgan fingerprint density at radius 2 is 2.18 bits per heavy atom. The minimum absolute atomic E-state index is 0.0996. The zero-order valence-electron chi connectivity index (χ0n) is 10.3. The normalized spacial score (nSPS) is 24.1. The van der Waals surface area contributed by atoms with E-state index in [4.69, 9.17) is 0 Å². The highest BCUT2D eigenvalue weighted by molar-refractivity contribution is 7.99. The Morgan fingerprint density at radius 1 is 1.35 bits per heavy atom. The maximum absolute atomic E-state index is 13.4. The lowest BCUT2D eigenvalue weighted by molar-refractivity contribution is 0.509. The minimum Gasteiger partial charge on any atom is -0.310 e. The summed E-state index contributed by atoms with van der Waals surface area (Å²) in [5, 5.41) is 4.28. The van der Waals surface area contributed by atoms with Gasteiger partial charge in [-0.1, -0.05) is 25.1 Å². The molecule has 94 valence electrons. The quantitative estimate of drug-likeness (QED) is 0.860. The van der Waals surface area contributed by atoms with Crippen molar-refractivity contribution in [3.8, 4) is 0 Å². The first kappa shape index (κ1) is 12.9. The van der Waals surface area contributed by atoms with Crippen LogP contribution in [0.1, 0.15) is 31.7 Å². The summed E-state index contributed by atoms with van der Waals surface area (Å²) in [7, 11) is 0. The Kier molecular flexibility index (Phi) is 4.86. The van der Waals surface area contributed by atoms with Crippen molar-refractivity contribution in [2.24, 2.45) is 0 Å². The monoisotopic (exact) mass is 253 g/mol. The van der Waals surface area contributed by atoms with Crippen LogP contribution in [-0.4, -0.2) is 17.0 Å². The van der Waals surface area contributed by atoms with E-state index in [1.54, 1.807) is 6.07 Å². The van der Waals surface area contributed by atoms with Crippen molar-refractivity contribution in [1.82, 2.24) is 5.32 Å². The average Bonchev–Trinajstić information content (AvgIpc) is 2.76.